The van der Waals surface area contributed by atoms with Gasteiger partial charge in [-0.3, -0.25) is 14.6 Å². The van der Waals surface area contributed by atoms with Crippen molar-refractivity contribution in [3.8, 4) is 46.0 Å². The quantitative estimate of drug-likeness (QED) is 0.182. The topological polar surface area (TPSA) is 91.0 Å². The largest absolute Gasteiger partial charge is 0.493 e. The van der Waals surface area contributed by atoms with Crippen LogP contribution in [0.5, 0.6) is 46.0 Å². The van der Waals surface area contributed by atoms with Gasteiger partial charge >= 0.3 is 0 Å². The van der Waals surface area contributed by atoms with E-state index in [1.165, 1.54) is 16.7 Å². The maximum absolute atomic E-state index is 13.7. The number of hydrogen-bond acceptors (Lipinski definition) is 9. The van der Waals surface area contributed by atoms with Gasteiger partial charge in [0, 0.05) is 53.1 Å². The van der Waals surface area contributed by atoms with Crippen LogP contribution in [0, 0.1) is 0 Å². The highest BCUT2D eigenvalue weighted by atomic mass is 35.5. The number of anilines is 1. The van der Waals surface area contributed by atoms with E-state index in [9.17, 15) is 4.79 Å². The molecule has 6 bridgehead atoms. The second-order valence-electron chi connectivity index (χ2n) is 14.6. The normalized spacial score (nSPS) is 17.7. The van der Waals surface area contributed by atoms with E-state index in [-0.39, 0.29) is 18.0 Å². The summed E-state index contributed by atoms with van der Waals surface area (Å²) in [5, 5.41) is 3.71. The average Bonchev–Trinajstić information content (AvgIpc) is 3.20. The minimum Gasteiger partial charge on any atom is -0.493 e. The fourth-order valence-electron chi connectivity index (χ4n) is 8.25. The van der Waals surface area contributed by atoms with E-state index >= 15 is 0 Å². The number of fused-ring (bicyclic) bond motifs is 2. The number of benzene rings is 5. The molecule has 4 aliphatic heterocycles. The summed E-state index contributed by atoms with van der Waals surface area (Å²) in [4.78, 5) is 18.4. The van der Waals surface area contributed by atoms with Crippen LogP contribution in [0.3, 0.4) is 0 Å². The lowest BCUT2D eigenvalue weighted by Crippen LogP contribution is -2.34. The van der Waals surface area contributed by atoms with E-state index in [0.717, 1.165) is 49.0 Å². The predicted octanol–water partition coefficient (Wildman–Crippen LogP) is 9.07. The Kier molecular flexibility index (Phi) is 10.5. The third kappa shape index (κ3) is 7.09. The van der Waals surface area contributed by atoms with Crippen LogP contribution in [-0.2, 0) is 25.7 Å². The van der Waals surface area contributed by atoms with Gasteiger partial charge in [0.15, 0.2) is 34.5 Å². The summed E-state index contributed by atoms with van der Waals surface area (Å²) in [6.07, 6.45) is 2.92. The number of rotatable bonds is 6. The zero-order valence-corrected chi connectivity index (χ0v) is 33.3. The lowest BCUT2D eigenvalue weighted by Gasteiger charge is -2.37. The molecule has 5 aromatic carbocycles. The fraction of sp³-hybridized carbons (Fsp3) is 0.311. The zero-order chi connectivity index (χ0) is 39.1. The summed E-state index contributed by atoms with van der Waals surface area (Å²) in [6, 6.07) is 25.0. The third-order valence-corrected chi connectivity index (χ3v) is 11.6. The number of ether oxygens (including phenoxy) is 6. The van der Waals surface area contributed by atoms with Crippen LogP contribution in [0.15, 0.2) is 78.9 Å². The molecule has 0 fully saturated rings. The van der Waals surface area contributed by atoms with Crippen molar-refractivity contribution < 1.29 is 33.2 Å². The fourth-order valence-corrected chi connectivity index (χ4v) is 8.38. The van der Waals surface area contributed by atoms with Gasteiger partial charge in [-0.15, -0.1) is 0 Å². The van der Waals surface area contributed by atoms with Gasteiger partial charge in [0.2, 0.25) is 5.75 Å². The molecule has 0 radical (unpaired) electrons. The SMILES string of the molecule is COc1cc(NC(=O)c2ccc(Cl)cc2)c2cc1Oc1ccc(cc1)C[C@H]1c3cc(c(OC)cc3CCN1C)Oc1c(OC)c(OC)cc3c1[C@H](C2)N(C)CC3. The highest BCUT2D eigenvalue weighted by molar-refractivity contribution is 6.30. The Morgan fingerprint density at radius 3 is 2.04 bits per heavy atom. The van der Waals surface area contributed by atoms with Gasteiger partial charge in [0.05, 0.1) is 28.4 Å². The number of carbonyl (C=O) groups is 1. The second-order valence-corrected chi connectivity index (χ2v) is 15.0. The van der Waals surface area contributed by atoms with Gasteiger partial charge in [0.25, 0.3) is 5.91 Å². The molecule has 4 aliphatic rings. The highest BCUT2D eigenvalue weighted by Crippen LogP contribution is 2.52. The van der Waals surface area contributed by atoms with Crippen LogP contribution >= 0.6 is 11.6 Å². The number of methoxy groups -OCH3 is 4. The number of nitrogens with one attached hydrogen (secondary N) is 1. The Bertz CT molecular complexity index is 2280. The Balaban J connectivity index is 1.35. The molecule has 0 saturated heterocycles. The number of carbonyl (C=O) groups excluding carboxylic acids is 1. The number of hydrogen-bond donors (Lipinski definition) is 1. The van der Waals surface area contributed by atoms with Gasteiger partial charge in [-0.1, -0.05) is 23.7 Å². The summed E-state index contributed by atoms with van der Waals surface area (Å²) in [5.74, 6) is 4.28. The number of halogens is 1. The summed E-state index contributed by atoms with van der Waals surface area (Å²) >= 11 is 6.16. The van der Waals surface area contributed by atoms with Gasteiger partial charge in [0.1, 0.15) is 5.75 Å². The second kappa shape index (κ2) is 15.6. The molecule has 0 saturated carbocycles. The van der Waals surface area contributed by atoms with Gasteiger partial charge < -0.3 is 33.7 Å². The van der Waals surface area contributed by atoms with E-state index in [1.807, 2.05) is 24.3 Å². The predicted molar refractivity (Wildman–Crippen MR) is 217 cm³/mol. The lowest BCUT2D eigenvalue weighted by atomic mass is 9.86. The monoisotopic (exact) mass is 775 g/mol. The maximum atomic E-state index is 13.7. The molecule has 0 aromatic heterocycles. The van der Waals surface area contributed by atoms with Crippen molar-refractivity contribution in [2.75, 3.05) is 60.9 Å². The van der Waals surface area contributed by atoms with Crippen molar-refractivity contribution in [1.29, 1.82) is 0 Å². The molecule has 56 heavy (non-hydrogen) atoms. The Hall–Kier alpha value is -5.42. The van der Waals surface area contributed by atoms with E-state index in [1.54, 1.807) is 52.7 Å². The van der Waals surface area contributed by atoms with Crippen LogP contribution in [0.4, 0.5) is 5.69 Å². The van der Waals surface area contributed by atoms with Crippen molar-refractivity contribution in [3.63, 3.8) is 0 Å². The van der Waals surface area contributed by atoms with Gasteiger partial charge in [-0.2, -0.15) is 0 Å². The molecule has 5 aromatic rings. The molecule has 1 N–H and O–H groups in total. The minimum atomic E-state index is -0.278. The van der Waals surface area contributed by atoms with Crippen molar-refractivity contribution in [1.82, 2.24) is 9.80 Å². The molecular formula is C45H46ClN3O7. The number of nitrogens with zero attached hydrogens (tertiary/aromatic N) is 2. The van der Waals surface area contributed by atoms with Crippen molar-refractivity contribution in [2.45, 2.75) is 37.8 Å². The average molecular weight is 776 g/mol. The Morgan fingerprint density at radius 1 is 0.696 bits per heavy atom. The van der Waals surface area contributed by atoms with Gasteiger partial charge in [-0.05, 0) is 128 Å². The third-order valence-electron chi connectivity index (χ3n) is 11.3. The molecule has 1 amide bonds. The van der Waals surface area contributed by atoms with E-state index in [2.05, 4.69) is 59.5 Å². The molecule has 2 atom stereocenters. The van der Waals surface area contributed by atoms with Crippen LogP contribution in [0.1, 0.15) is 55.8 Å². The summed E-state index contributed by atoms with van der Waals surface area (Å²) in [5.41, 5.74) is 7.56. The molecule has 290 valence electrons. The highest BCUT2D eigenvalue weighted by Gasteiger charge is 2.35. The smallest absolute Gasteiger partial charge is 0.255 e. The first-order chi connectivity index (χ1) is 27.2. The minimum absolute atomic E-state index is 0.107. The molecule has 0 unspecified atom stereocenters. The van der Waals surface area contributed by atoms with Crippen molar-refractivity contribution >= 4 is 23.2 Å². The Morgan fingerprint density at radius 2 is 1.34 bits per heavy atom. The van der Waals surface area contributed by atoms with Crippen LogP contribution in [-0.4, -0.2) is 71.3 Å². The lowest BCUT2D eigenvalue weighted by molar-refractivity contribution is 0.102. The number of amides is 1. The first kappa shape index (κ1) is 37.5. The first-order valence-corrected chi connectivity index (χ1v) is 19.2. The molecular weight excluding hydrogens is 730 g/mol. The van der Waals surface area contributed by atoms with E-state index < -0.39 is 0 Å². The van der Waals surface area contributed by atoms with Crippen molar-refractivity contribution in [3.05, 3.63) is 123 Å². The maximum Gasteiger partial charge on any atom is 0.255 e. The molecule has 11 heteroatoms. The molecule has 4 heterocycles. The van der Waals surface area contributed by atoms with Crippen LogP contribution in [0.2, 0.25) is 5.02 Å². The molecule has 10 nitrogen and oxygen atoms in total. The standard InChI is InChI=1S/C45H46ClN3O7/c1-48-17-15-28-21-37(51-3)40-24-33(28)35(48)19-26-7-13-32(14-8-26)55-39-23-30(34(25-38(39)52-4)47-45(50)27-9-11-31(46)12-10-27)20-36-42-29(16-18-49(36)2)22-41(53-5)43(54-6)44(42)56-40/h7-14,21-25,35-36H,15-20H2,1-6H3,(H,47,50)/t35-,36-/m0/s1. The summed E-state index contributed by atoms with van der Waals surface area (Å²) in [6.45, 7) is 1.70. The van der Waals surface area contributed by atoms with E-state index in [4.69, 9.17) is 40.0 Å². The summed E-state index contributed by atoms with van der Waals surface area (Å²) < 4.78 is 37.7. The number of likely N-dealkylation sites (N-methyl/N-ethyl adjacent to an activating group) is 2. The molecule has 9 rings (SSSR count). The first-order valence-electron chi connectivity index (χ1n) is 18.8. The van der Waals surface area contributed by atoms with Gasteiger partial charge in [-0.25, -0.2) is 0 Å². The zero-order valence-electron chi connectivity index (χ0n) is 32.5. The van der Waals surface area contributed by atoms with Crippen LogP contribution in [0.25, 0.3) is 0 Å². The molecule has 0 spiro atoms. The molecule has 0 aliphatic carbocycles. The van der Waals surface area contributed by atoms with E-state index in [0.29, 0.717) is 68.7 Å². The summed E-state index contributed by atoms with van der Waals surface area (Å²) in [7, 11) is 10.8. The van der Waals surface area contributed by atoms with Crippen molar-refractivity contribution in [2.24, 2.45) is 0 Å². The Labute approximate surface area is 332 Å². The van der Waals surface area contributed by atoms with Crippen LogP contribution < -0.4 is 33.7 Å².